The van der Waals surface area contributed by atoms with Crippen LogP contribution in [0.3, 0.4) is 0 Å². The second-order valence-electron chi connectivity index (χ2n) is 11.5. The predicted octanol–water partition coefficient (Wildman–Crippen LogP) is 8.68. The molecule has 1 unspecified atom stereocenters. The molecule has 2 amide bonds. The van der Waals surface area contributed by atoms with E-state index in [9.17, 15) is 19.5 Å². The maximum Gasteiger partial charge on any atom is 0.336 e. The van der Waals surface area contributed by atoms with E-state index in [0.29, 0.717) is 36.5 Å². The lowest BCUT2D eigenvalue weighted by Crippen LogP contribution is -2.33. The molecule has 0 aliphatic rings. The van der Waals surface area contributed by atoms with E-state index in [4.69, 9.17) is 16.6 Å². The molecule has 0 aliphatic carbocycles. The molecule has 1 N–H and O–H groups in total. The molecule has 0 aliphatic heterocycles. The summed E-state index contributed by atoms with van der Waals surface area (Å²) in [7, 11) is 1.70. The van der Waals surface area contributed by atoms with E-state index in [1.54, 1.807) is 35.0 Å². The van der Waals surface area contributed by atoms with Gasteiger partial charge in [-0.05, 0) is 91.9 Å². The molecule has 1 aromatic heterocycles. The Morgan fingerprint density at radius 3 is 2.21 bits per heavy atom. The maximum atomic E-state index is 13.9. The molecular weight excluding hydrogens is 622 g/mol. The van der Waals surface area contributed by atoms with Crippen LogP contribution in [0.15, 0.2) is 103 Å². The second-order valence-corrected chi connectivity index (χ2v) is 12.0. The number of carboxylic acids is 1. The van der Waals surface area contributed by atoms with Gasteiger partial charge in [-0.1, -0.05) is 78.3 Å². The third-order valence-electron chi connectivity index (χ3n) is 8.58. The van der Waals surface area contributed by atoms with Gasteiger partial charge in [0.2, 0.25) is 0 Å². The van der Waals surface area contributed by atoms with Crippen molar-refractivity contribution in [3.8, 4) is 0 Å². The van der Waals surface area contributed by atoms with Crippen LogP contribution in [0.1, 0.15) is 79.8 Å². The van der Waals surface area contributed by atoms with Gasteiger partial charge in [-0.2, -0.15) is 0 Å². The van der Waals surface area contributed by atoms with Crippen LogP contribution in [0.2, 0.25) is 5.02 Å². The molecule has 0 saturated carbocycles. The number of aromatic nitrogens is 1. The summed E-state index contributed by atoms with van der Waals surface area (Å²) in [6.45, 7) is 5.13. The molecule has 0 saturated heterocycles. The van der Waals surface area contributed by atoms with Crippen LogP contribution >= 0.6 is 11.6 Å². The van der Waals surface area contributed by atoms with E-state index in [0.717, 1.165) is 33.3 Å². The van der Waals surface area contributed by atoms with Gasteiger partial charge in [0.25, 0.3) is 11.8 Å². The molecular formula is C40H38ClN3O4. The summed E-state index contributed by atoms with van der Waals surface area (Å²) >= 11 is 6.18. The zero-order valence-electron chi connectivity index (χ0n) is 27.3. The highest BCUT2D eigenvalue weighted by Crippen LogP contribution is 2.30. The van der Waals surface area contributed by atoms with Crippen LogP contribution in [0.5, 0.6) is 0 Å². The number of fused-ring (bicyclic) bond motifs is 1. The first kappa shape index (κ1) is 34.1. The van der Waals surface area contributed by atoms with Gasteiger partial charge in [0.15, 0.2) is 0 Å². The summed E-state index contributed by atoms with van der Waals surface area (Å²) in [4.78, 5) is 47.4. The Hall–Kier alpha value is -5.27. The smallest absolute Gasteiger partial charge is 0.336 e. The van der Waals surface area contributed by atoms with Gasteiger partial charge < -0.3 is 14.9 Å². The van der Waals surface area contributed by atoms with Crippen LogP contribution < -0.4 is 0 Å². The molecule has 5 aromatic rings. The lowest BCUT2D eigenvalue weighted by Gasteiger charge is -2.30. The quantitative estimate of drug-likeness (QED) is 0.145. The van der Waals surface area contributed by atoms with E-state index in [2.05, 4.69) is 0 Å². The molecule has 8 heteroatoms. The average molecular weight is 660 g/mol. The molecule has 0 fully saturated rings. The fraction of sp³-hybridized carbons (Fsp3) is 0.200. The number of aromatic carboxylic acids is 1. The van der Waals surface area contributed by atoms with Gasteiger partial charge in [0.05, 0.1) is 28.4 Å². The molecule has 0 spiro atoms. The van der Waals surface area contributed by atoms with Crippen LogP contribution in [-0.2, 0) is 6.42 Å². The van der Waals surface area contributed by atoms with Crippen molar-refractivity contribution in [2.75, 3.05) is 20.1 Å². The number of halogens is 1. The first-order valence-corrected chi connectivity index (χ1v) is 16.4. The van der Waals surface area contributed by atoms with Gasteiger partial charge in [-0.25, -0.2) is 9.78 Å². The number of hydrogen-bond acceptors (Lipinski definition) is 4. The number of carbonyl (C=O) groups is 3. The molecule has 0 radical (unpaired) electrons. The highest BCUT2D eigenvalue weighted by molar-refractivity contribution is 6.31. The highest BCUT2D eigenvalue weighted by atomic mass is 35.5. The Morgan fingerprint density at radius 2 is 1.48 bits per heavy atom. The van der Waals surface area contributed by atoms with Crippen molar-refractivity contribution in [1.29, 1.82) is 0 Å². The fourth-order valence-corrected chi connectivity index (χ4v) is 6.11. The van der Waals surface area contributed by atoms with Crippen molar-refractivity contribution in [3.63, 3.8) is 0 Å². The molecule has 48 heavy (non-hydrogen) atoms. The summed E-state index contributed by atoms with van der Waals surface area (Å²) in [5, 5.41) is 11.4. The minimum absolute atomic E-state index is 0.0244. The van der Waals surface area contributed by atoms with Crippen molar-refractivity contribution in [2.45, 2.75) is 32.7 Å². The van der Waals surface area contributed by atoms with Crippen LogP contribution in [0, 0.1) is 0 Å². The number of hydrogen-bond donors (Lipinski definition) is 1. The average Bonchev–Trinajstić information content (AvgIpc) is 3.11. The van der Waals surface area contributed by atoms with E-state index in [1.807, 2.05) is 105 Å². The number of aryl methyl sites for hydroxylation is 1. The predicted molar refractivity (Wildman–Crippen MR) is 192 cm³/mol. The van der Waals surface area contributed by atoms with Crippen molar-refractivity contribution in [2.24, 2.45) is 0 Å². The van der Waals surface area contributed by atoms with Gasteiger partial charge in [0, 0.05) is 36.1 Å². The van der Waals surface area contributed by atoms with Crippen molar-refractivity contribution in [3.05, 3.63) is 147 Å². The fourth-order valence-electron chi connectivity index (χ4n) is 5.94. The molecule has 244 valence electrons. The lowest BCUT2D eigenvalue weighted by molar-refractivity contribution is 0.0665. The van der Waals surface area contributed by atoms with Crippen molar-refractivity contribution in [1.82, 2.24) is 14.8 Å². The minimum Gasteiger partial charge on any atom is -0.478 e. The summed E-state index contributed by atoms with van der Waals surface area (Å²) in [5.41, 5.74) is 4.98. The zero-order chi connectivity index (χ0) is 34.2. The zero-order valence-corrected chi connectivity index (χ0v) is 28.0. The van der Waals surface area contributed by atoms with Gasteiger partial charge in [-0.15, -0.1) is 0 Å². The SMILES string of the molecule is CCN(CC)C(=O)c1ccccc1CCC(c1cccc(/C=C/c2ccc3ccc(Cl)cc3n2)c1)N(C)C(=O)c1ccccc1C(=O)O. The topological polar surface area (TPSA) is 90.8 Å². The second kappa shape index (κ2) is 15.5. The minimum atomic E-state index is -1.16. The molecule has 1 atom stereocenters. The summed E-state index contributed by atoms with van der Waals surface area (Å²) in [5.74, 6) is -1.58. The summed E-state index contributed by atoms with van der Waals surface area (Å²) < 4.78 is 0. The maximum absolute atomic E-state index is 13.9. The van der Waals surface area contributed by atoms with Crippen molar-refractivity contribution < 1.29 is 19.5 Å². The first-order chi connectivity index (χ1) is 23.2. The summed E-state index contributed by atoms with van der Waals surface area (Å²) in [6, 6.07) is 30.9. The number of carboxylic acid groups (broad SMARTS) is 1. The van der Waals surface area contributed by atoms with Crippen LogP contribution in [0.4, 0.5) is 0 Å². The number of benzene rings is 4. The highest BCUT2D eigenvalue weighted by Gasteiger charge is 2.27. The van der Waals surface area contributed by atoms with E-state index in [-0.39, 0.29) is 17.0 Å². The molecule has 0 bridgehead atoms. The van der Waals surface area contributed by atoms with Gasteiger partial charge >= 0.3 is 5.97 Å². The monoisotopic (exact) mass is 659 g/mol. The number of nitrogens with zero attached hydrogens (tertiary/aromatic N) is 3. The number of rotatable bonds is 12. The Morgan fingerprint density at radius 1 is 0.792 bits per heavy atom. The number of amides is 2. The normalized spacial score (nSPS) is 11.8. The largest absolute Gasteiger partial charge is 0.478 e. The Labute approximate surface area is 286 Å². The summed E-state index contributed by atoms with van der Waals surface area (Å²) in [6.07, 6.45) is 4.93. The van der Waals surface area contributed by atoms with E-state index >= 15 is 0 Å². The third kappa shape index (κ3) is 7.81. The van der Waals surface area contributed by atoms with Crippen LogP contribution in [-0.4, -0.2) is 57.8 Å². The standard InChI is InChI=1S/C40H38ClN3O4/c1-4-44(5-2)39(46)33-14-7-6-12-28(33)20-24-37(43(3)38(45)34-15-8-9-16-35(34)40(47)48)30-13-10-11-27(25-30)17-22-32-23-19-29-18-21-31(41)26-36(29)42-32/h6-19,21-23,25-26,37H,4-5,20,24H2,1-3H3,(H,47,48)/b22-17+. The van der Waals surface area contributed by atoms with E-state index < -0.39 is 17.9 Å². The van der Waals surface area contributed by atoms with Gasteiger partial charge in [-0.3, -0.25) is 9.59 Å². The third-order valence-corrected chi connectivity index (χ3v) is 8.81. The van der Waals surface area contributed by atoms with Crippen molar-refractivity contribution >= 4 is 52.4 Å². The molecule has 1 heterocycles. The Balaban J connectivity index is 1.48. The van der Waals surface area contributed by atoms with Crippen LogP contribution in [0.25, 0.3) is 23.1 Å². The Bertz CT molecular complexity index is 1990. The molecule has 4 aromatic carbocycles. The van der Waals surface area contributed by atoms with Gasteiger partial charge in [0.1, 0.15) is 0 Å². The lowest BCUT2D eigenvalue weighted by atomic mass is 9.93. The first-order valence-electron chi connectivity index (χ1n) is 16.0. The molecule has 7 nitrogen and oxygen atoms in total. The Kier molecular flexibility index (Phi) is 11.0. The number of carbonyl (C=O) groups excluding carboxylic acids is 2. The van der Waals surface area contributed by atoms with E-state index in [1.165, 1.54) is 6.07 Å². The molecule has 5 rings (SSSR count). The number of pyridine rings is 1.